The zero-order chi connectivity index (χ0) is 18.1. The molecule has 25 heavy (non-hydrogen) atoms. The van der Waals surface area contributed by atoms with Crippen molar-refractivity contribution in [2.24, 2.45) is 10.2 Å². The van der Waals surface area contributed by atoms with Crippen molar-refractivity contribution in [2.45, 2.75) is 46.0 Å². The Hall–Kier alpha value is -2.36. The predicted molar refractivity (Wildman–Crippen MR) is 101 cm³/mol. The average molecular weight is 342 g/mol. The molecular formula is C21H24F2N2. The third-order valence-corrected chi connectivity index (χ3v) is 3.94. The number of rotatable bonds is 8. The lowest BCUT2D eigenvalue weighted by Crippen LogP contribution is -1.97. The molecule has 0 aliphatic carbocycles. The van der Waals surface area contributed by atoms with Crippen molar-refractivity contribution in [2.75, 3.05) is 0 Å². The zero-order valence-corrected chi connectivity index (χ0v) is 14.8. The second kappa shape index (κ2) is 9.82. The lowest BCUT2D eigenvalue weighted by Gasteiger charge is -2.04. The van der Waals surface area contributed by atoms with Gasteiger partial charge in [-0.3, -0.25) is 0 Å². The predicted octanol–water partition coefficient (Wildman–Crippen LogP) is 5.71. The van der Waals surface area contributed by atoms with Crippen LogP contribution in [0, 0.1) is 11.6 Å². The zero-order valence-electron chi connectivity index (χ0n) is 14.8. The quantitative estimate of drug-likeness (QED) is 0.433. The van der Waals surface area contributed by atoms with Gasteiger partial charge in [0, 0.05) is 11.1 Å². The number of halogens is 2. The van der Waals surface area contributed by atoms with Gasteiger partial charge in [-0.05, 0) is 42.5 Å². The maximum atomic E-state index is 13.9. The summed E-state index contributed by atoms with van der Waals surface area (Å²) in [5.74, 6) is -1.06. The molecule has 0 saturated heterocycles. The van der Waals surface area contributed by atoms with E-state index < -0.39 is 11.6 Å². The first kappa shape index (κ1) is 19.0. The molecule has 0 unspecified atom stereocenters. The summed E-state index contributed by atoms with van der Waals surface area (Å²) in [5, 5.41) is 7.82. The molecule has 132 valence electrons. The van der Waals surface area contributed by atoms with Gasteiger partial charge >= 0.3 is 0 Å². The summed E-state index contributed by atoms with van der Waals surface area (Å²) >= 11 is 0. The van der Waals surface area contributed by atoms with Gasteiger partial charge in [0.25, 0.3) is 0 Å². The molecule has 0 atom stereocenters. The van der Waals surface area contributed by atoms with Crippen LogP contribution in [-0.2, 0) is 12.8 Å². The fourth-order valence-corrected chi connectivity index (χ4v) is 2.54. The van der Waals surface area contributed by atoms with Gasteiger partial charge in [0.15, 0.2) is 0 Å². The molecule has 0 aliphatic heterocycles. The van der Waals surface area contributed by atoms with E-state index in [2.05, 4.69) is 29.3 Å². The first-order chi connectivity index (χ1) is 12.1. The van der Waals surface area contributed by atoms with E-state index in [1.807, 2.05) is 19.1 Å². The van der Waals surface area contributed by atoms with E-state index in [-0.39, 0.29) is 5.56 Å². The lowest BCUT2D eigenvalue weighted by atomic mass is 10.1. The summed E-state index contributed by atoms with van der Waals surface area (Å²) in [6, 6.07) is 10.7. The van der Waals surface area contributed by atoms with E-state index in [1.165, 1.54) is 36.8 Å². The van der Waals surface area contributed by atoms with Gasteiger partial charge in [0.05, 0.1) is 12.4 Å². The normalized spacial score (nSPS) is 11.7. The van der Waals surface area contributed by atoms with Crippen molar-refractivity contribution < 1.29 is 8.78 Å². The fraction of sp³-hybridized carbons (Fsp3) is 0.333. The highest BCUT2D eigenvalue weighted by Gasteiger charge is 2.09. The average Bonchev–Trinajstić information content (AvgIpc) is 2.61. The van der Waals surface area contributed by atoms with Gasteiger partial charge in [0.1, 0.15) is 11.6 Å². The Morgan fingerprint density at radius 1 is 0.800 bits per heavy atom. The third-order valence-electron chi connectivity index (χ3n) is 3.94. The van der Waals surface area contributed by atoms with Gasteiger partial charge in [0.2, 0.25) is 0 Å². The van der Waals surface area contributed by atoms with Crippen LogP contribution in [0.3, 0.4) is 0 Å². The Labute approximate surface area is 148 Å². The number of hydrogen-bond acceptors (Lipinski definition) is 2. The fourth-order valence-electron chi connectivity index (χ4n) is 2.54. The molecule has 0 amide bonds. The topological polar surface area (TPSA) is 24.7 Å². The third kappa shape index (κ3) is 5.89. The summed E-state index contributed by atoms with van der Waals surface area (Å²) in [6.45, 7) is 4.06. The van der Waals surface area contributed by atoms with Crippen LogP contribution in [0.2, 0.25) is 0 Å². The second-order valence-corrected chi connectivity index (χ2v) is 6.05. The molecule has 2 rings (SSSR count). The maximum absolute atomic E-state index is 13.9. The van der Waals surface area contributed by atoms with Crippen molar-refractivity contribution in [1.82, 2.24) is 0 Å². The number of aryl methyl sites for hydroxylation is 1. The van der Waals surface area contributed by atoms with Crippen LogP contribution in [0.1, 0.15) is 55.4 Å². The van der Waals surface area contributed by atoms with Crippen LogP contribution in [0.25, 0.3) is 0 Å². The van der Waals surface area contributed by atoms with Crippen molar-refractivity contribution in [3.05, 3.63) is 70.3 Å². The first-order valence-electron chi connectivity index (χ1n) is 8.77. The van der Waals surface area contributed by atoms with Crippen molar-refractivity contribution in [3.8, 4) is 0 Å². The summed E-state index contributed by atoms with van der Waals surface area (Å²) in [6.07, 6.45) is 7.51. The van der Waals surface area contributed by atoms with Crippen LogP contribution in [0.15, 0.2) is 46.6 Å². The Balaban J connectivity index is 1.99. The molecule has 2 aromatic carbocycles. The van der Waals surface area contributed by atoms with Crippen LogP contribution in [0.5, 0.6) is 0 Å². The van der Waals surface area contributed by atoms with E-state index in [0.29, 0.717) is 18.4 Å². The van der Waals surface area contributed by atoms with E-state index in [4.69, 9.17) is 0 Å². The largest absolute Gasteiger partial charge is 0.207 e. The van der Waals surface area contributed by atoms with Gasteiger partial charge < -0.3 is 0 Å². The second-order valence-electron chi connectivity index (χ2n) is 6.05. The van der Waals surface area contributed by atoms with E-state index in [9.17, 15) is 8.78 Å². The summed E-state index contributed by atoms with van der Waals surface area (Å²) in [5.41, 5.74) is 2.74. The highest BCUT2D eigenvalue weighted by molar-refractivity contribution is 5.82. The van der Waals surface area contributed by atoms with Crippen molar-refractivity contribution >= 4 is 12.4 Å². The van der Waals surface area contributed by atoms with Crippen molar-refractivity contribution in [3.63, 3.8) is 0 Å². The molecule has 0 spiro atoms. The van der Waals surface area contributed by atoms with E-state index >= 15 is 0 Å². The number of benzene rings is 2. The van der Waals surface area contributed by atoms with Gasteiger partial charge in [-0.15, -0.1) is 0 Å². The van der Waals surface area contributed by atoms with E-state index in [0.717, 1.165) is 12.0 Å². The maximum Gasteiger partial charge on any atom is 0.129 e. The monoisotopic (exact) mass is 342 g/mol. The molecule has 2 nitrogen and oxygen atoms in total. The standard InChI is InChI=1S/C21H24F2N2/c1-3-5-7-16-8-10-17(11-9-16)14-24-25-15-18-12-20(22)19(6-4-2)21(23)13-18/h8-15H,3-7H2,1-2H3. The van der Waals surface area contributed by atoms with Crippen LogP contribution < -0.4 is 0 Å². The van der Waals surface area contributed by atoms with Gasteiger partial charge in [-0.25, -0.2) is 8.78 Å². The summed E-state index contributed by atoms with van der Waals surface area (Å²) in [7, 11) is 0. The van der Waals surface area contributed by atoms with Crippen LogP contribution in [-0.4, -0.2) is 12.4 Å². The summed E-state index contributed by atoms with van der Waals surface area (Å²) in [4.78, 5) is 0. The minimum Gasteiger partial charge on any atom is -0.207 e. The highest BCUT2D eigenvalue weighted by atomic mass is 19.1. The van der Waals surface area contributed by atoms with Crippen LogP contribution in [0.4, 0.5) is 8.78 Å². The molecule has 0 saturated carbocycles. The number of hydrogen-bond donors (Lipinski definition) is 0. The molecule has 0 bridgehead atoms. The Bertz CT molecular complexity index is 711. The molecule has 0 heterocycles. The summed E-state index contributed by atoms with van der Waals surface area (Å²) < 4.78 is 27.7. The molecule has 0 fully saturated rings. The SMILES string of the molecule is CCCCc1ccc(C=NN=Cc2cc(F)c(CCC)c(F)c2)cc1. The lowest BCUT2D eigenvalue weighted by molar-refractivity contribution is 0.552. The van der Waals surface area contributed by atoms with E-state index in [1.54, 1.807) is 6.21 Å². The Morgan fingerprint density at radius 2 is 1.40 bits per heavy atom. The minimum absolute atomic E-state index is 0.131. The van der Waals surface area contributed by atoms with Crippen LogP contribution >= 0.6 is 0 Å². The molecule has 0 aromatic heterocycles. The number of nitrogens with zero attached hydrogens (tertiary/aromatic N) is 2. The highest BCUT2D eigenvalue weighted by Crippen LogP contribution is 2.16. The first-order valence-corrected chi connectivity index (χ1v) is 8.77. The van der Waals surface area contributed by atoms with Gasteiger partial charge in [-0.2, -0.15) is 10.2 Å². The molecule has 0 radical (unpaired) electrons. The van der Waals surface area contributed by atoms with Gasteiger partial charge in [-0.1, -0.05) is 51.0 Å². The Morgan fingerprint density at radius 3 is 1.96 bits per heavy atom. The molecule has 2 aromatic rings. The minimum atomic E-state index is -0.532. The Kier molecular flexibility index (Phi) is 7.45. The van der Waals surface area contributed by atoms with Crippen molar-refractivity contribution in [1.29, 1.82) is 0 Å². The molecular weight excluding hydrogens is 318 g/mol. The number of unbranched alkanes of at least 4 members (excludes halogenated alkanes) is 1. The molecule has 4 heteroatoms. The smallest absolute Gasteiger partial charge is 0.129 e. The molecule has 0 N–H and O–H groups in total. The molecule has 0 aliphatic rings.